The second-order valence-corrected chi connectivity index (χ2v) is 10.4. The number of likely N-dealkylation sites (tertiary alicyclic amines) is 1. The summed E-state index contributed by atoms with van der Waals surface area (Å²) in [5.74, 6) is 2.66. The van der Waals surface area contributed by atoms with E-state index in [1.54, 1.807) is 6.33 Å². The van der Waals surface area contributed by atoms with E-state index >= 15 is 0 Å². The zero-order valence-electron chi connectivity index (χ0n) is 20.8. The number of piperidine rings is 1. The number of nitrogens with two attached hydrogens (primary N) is 1. The zero-order chi connectivity index (χ0) is 24.8. The fourth-order valence-corrected chi connectivity index (χ4v) is 6.10. The number of rotatable bonds is 6. The number of aromatic nitrogens is 4. The molecule has 1 unspecified atom stereocenters. The second-order valence-electron chi connectivity index (χ2n) is 10.4. The van der Waals surface area contributed by atoms with Gasteiger partial charge >= 0.3 is 0 Å². The highest BCUT2D eigenvalue weighted by molar-refractivity contribution is 5.98. The lowest BCUT2D eigenvalue weighted by Gasteiger charge is -2.53. The Morgan fingerprint density at radius 1 is 0.892 bits per heavy atom. The van der Waals surface area contributed by atoms with Crippen molar-refractivity contribution in [2.75, 3.05) is 38.5 Å². The summed E-state index contributed by atoms with van der Waals surface area (Å²) in [5, 5.41) is 13.0. The number of nitrogen functional groups attached to an aromatic ring is 1. The van der Waals surface area contributed by atoms with Crippen LogP contribution in [0, 0.1) is 5.92 Å². The van der Waals surface area contributed by atoms with Gasteiger partial charge in [0.2, 0.25) is 0 Å². The van der Waals surface area contributed by atoms with Gasteiger partial charge in [-0.25, -0.2) is 14.6 Å². The summed E-state index contributed by atoms with van der Waals surface area (Å²) in [4.78, 5) is 11.8. The van der Waals surface area contributed by atoms with Crippen LogP contribution in [0.2, 0.25) is 0 Å². The van der Waals surface area contributed by atoms with Gasteiger partial charge in [0, 0.05) is 49.7 Å². The summed E-state index contributed by atoms with van der Waals surface area (Å²) in [6.07, 6.45) is 3.80. The Kier molecular flexibility index (Phi) is 5.76. The molecule has 9 heteroatoms. The minimum absolute atomic E-state index is 0.243. The Bertz CT molecular complexity index is 1380. The smallest absolute Gasteiger partial charge is 0.164 e. The van der Waals surface area contributed by atoms with E-state index in [1.165, 1.54) is 0 Å². The summed E-state index contributed by atoms with van der Waals surface area (Å²) in [6, 6.07) is 19.1. The Hall–Kier alpha value is -3.53. The van der Waals surface area contributed by atoms with Crippen molar-refractivity contribution in [2.24, 2.45) is 5.92 Å². The van der Waals surface area contributed by atoms with E-state index in [0.29, 0.717) is 23.8 Å². The van der Waals surface area contributed by atoms with Crippen LogP contribution in [-0.4, -0.2) is 69.5 Å². The number of para-hydroxylation sites is 1. The first kappa shape index (κ1) is 22.7. The second kappa shape index (κ2) is 9.41. The summed E-state index contributed by atoms with van der Waals surface area (Å²) in [6.45, 7) is 5.41. The molecule has 0 saturated carbocycles. The molecule has 0 amide bonds. The Labute approximate surface area is 216 Å². The van der Waals surface area contributed by atoms with E-state index in [-0.39, 0.29) is 6.04 Å². The van der Waals surface area contributed by atoms with Crippen molar-refractivity contribution in [1.29, 1.82) is 0 Å². The van der Waals surface area contributed by atoms with Gasteiger partial charge in [0.25, 0.3) is 0 Å². The number of hydrogen-bond acceptors (Lipinski definition) is 8. The number of hydrogen-bond donors (Lipinski definition) is 3. The first-order valence-electron chi connectivity index (χ1n) is 13.3. The van der Waals surface area contributed by atoms with Crippen molar-refractivity contribution in [2.45, 2.75) is 31.0 Å². The lowest BCUT2D eigenvalue weighted by atomic mass is 9.81. The third-order valence-corrected chi connectivity index (χ3v) is 8.16. The lowest BCUT2D eigenvalue weighted by Crippen LogP contribution is -2.67. The minimum atomic E-state index is 0.243. The van der Waals surface area contributed by atoms with E-state index in [2.05, 4.69) is 25.2 Å². The van der Waals surface area contributed by atoms with Gasteiger partial charge in [0.1, 0.15) is 29.3 Å². The fraction of sp³-hybridized carbons (Fsp3) is 0.393. The van der Waals surface area contributed by atoms with Crippen molar-refractivity contribution in [1.82, 2.24) is 35.3 Å². The molecule has 3 saturated heterocycles. The van der Waals surface area contributed by atoms with Gasteiger partial charge < -0.3 is 21.1 Å². The van der Waals surface area contributed by atoms with Gasteiger partial charge in [-0.3, -0.25) is 4.90 Å². The molecule has 2 aromatic carbocycles. The van der Waals surface area contributed by atoms with Gasteiger partial charge in [-0.15, -0.1) is 0 Å². The third-order valence-electron chi connectivity index (χ3n) is 8.16. The topological polar surface area (TPSA) is 106 Å². The summed E-state index contributed by atoms with van der Waals surface area (Å²) in [5.41, 5.74) is 9.07. The molecular formula is C28H32N8O. The number of nitrogens with one attached hydrogen (secondary N) is 2. The summed E-state index contributed by atoms with van der Waals surface area (Å²) < 4.78 is 8.16. The number of nitrogens with zero attached hydrogens (tertiary/aromatic N) is 5. The first-order valence-corrected chi connectivity index (χ1v) is 13.3. The molecule has 0 spiro atoms. The molecule has 2 aromatic heterocycles. The predicted octanol–water partition coefficient (Wildman–Crippen LogP) is 3.06. The van der Waals surface area contributed by atoms with Crippen LogP contribution < -0.4 is 21.1 Å². The van der Waals surface area contributed by atoms with Crippen LogP contribution in [0.25, 0.3) is 22.3 Å². The Morgan fingerprint density at radius 3 is 2.35 bits per heavy atom. The van der Waals surface area contributed by atoms with Crippen molar-refractivity contribution >= 4 is 16.9 Å². The highest BCUT2D eigenvalue weighted by Crippen LogP contribution is 2.40. The van der Waals surface area contributed by atoms with Crippen molar-refractivity contribution in [3.8, 4) is 22.8 Å². The Morgan fingerprint density at radius 2 is 1.65 bits per heavy atom. The van der Waals surface area contributed by atoms with Crippen molar-refractivity contribution in [3.05, 3.63) is 60.9 Å². The third kappa shape index (κ3) is 4.03. The fourth-order valence-electron chi connectivity index (χ4n) is 6.10. The molecule has 3 aliphatic rings. The number of benzene rings is 2. The van der Waals surface area contributed by atoms with Crippen LogP contribution in [0.5, 0.6) is 11.5 Å². The zero-order valence-corrected chi connectivity index (χ0v) is 20.8. The molecule has 7 rings (SSSR count). The van der Waals surface area contributed by atoms with E-state index in [4.69, 9.17) is 20.6 Å². The number of ether oxygens (including phenoxy) is 1. The quantitative estimate of drug-likeness (QED) is 0.374. The van der Waals surface area contributed by atoms with Gasteiger partial charge in [-0.05, 0) is 55.8 Å². The molecule has 0 bridgehead atoms. The maximum Gasteiger partial charge on any atom is 0.164 e. The first-order chi connectivity index (χ1) is 18.3. The minimum Gasteiger partial charge on any atom is -0.457 e. The highest BCUT2D eigenvalue weighted by Gasteiger charge is 2.45. The monoisotopic (exact) mass is 496 g/mol. The molecule has 9 nitrogen and oxygen atoms in total. The van der Waals surface area contributed by atoms with E-state index < -0.39 is 0 Å². The van der Waals surface area contributed by atoms with E-state index in [9.17, 15) is 0 Å². The van der Waals surface area contributed by atoms with E-state index in [1.807, 2.05) is 54.6 Å². The van der Waals surface area contributed by atoms with Crippen LogP contribution in [-0.2, 0) is 0 Å². The molecule has 5 heterocycles. The molecule has 3 aliphatic heterocycles. The normalized spacial score (nSPS) is 23.0. The maximum absolute atomic E-state index is 6.45. The molecular weight excluding hydrogens is 464 g/mol. The number of anilines is 1. The van der Waals surface area contributed by atoms with Crippen LogP contribution >= 0.6 is 0 Å². The largest absolute Gasteiger partial charge is 0.457 e. The maximum atomic E-state index is 6.45. The van der Waals surface area contributed by atoms with Crippen molar-refractivity contribution < 1.29 is 4.74 Å². The standard InChI is InChI=1S/C28H32N8O/c29-27-24-25(18-8-10-22(11-9-18)37-21-5-2-1-3-6-21)34-36(28(24)33-17-32-27)23-7-4-12-35(20-15-31-16-20)26(23)19-13-30-14-19/h1-3,5-6,8-11,17,19-20,23,26,30-31H,4,7,12-16H2,(H2,29,32,33)/t23-,26?/m1/s1. The van der Waals surface area contributed by atoms with Crippen LogP contribution in [0.3, 0.4) is 0 Å². The molecule has 0 aliphatic carbocycles. The van der Waals surface area contributed by atoms with Gasteiger partial charge in [-0.1, -0.05) is 18.2 Å². The molecule has 2 atom stereocenters. The SMILES string of the molecule is Nc1ncnc2c1c(-c1ccc(Oc3ccccc3)cc1)nn2[C@@H]1CCCN(C2CNC2)C1C1CNC1. The molecule has 4 N–H and O–H groups in total. The van der Waals surface area contributed by atoms with Gasteiger partial charge in [0.15, 0.2) is 5.65 Å². The average Bonchev–Trinajstić information content (AvgIpc) is 3.25. The van der Waals surface area contributed by atoms with Crippen LogP contribution in [0.4, 0.5) is 5.82 Å². The number of fused-ring (bicyclic) bond motifs is 1. The molecule has 37 heavy (non-hydrogen) atoms. The average molecular weight is 497 g/mol. The summed E-state index contributed by atoms with van der Waals surface area (Å²) >= 11 is 0. The summed E-state index contributed by atoms with van der Waals surface area (Å²) in [7, 11) is 0. The highest BCUT2D eigenvalue weighted by atomic mass is 16.5. The van der Waals surface area contributed by atoms with Gasteiger partial charge in [-0.2, -0.15) is 5.10 Å². The van der Waals surface area contributed by atoms with Crippen LogP contribution in [0.15, 0.2) is 60.9 Å². The Balaban J connectivity index is 1.27. The van der Waals surface area contributed by atoms with Crippen LogP contribution in [0.1, 0.15) is 18.9 Å². The molecule has 4 aromatic rings. The molecule has 0 radical (unpaired) electrons. The lowest BCUT2D eigenvalue weighted by molar-refractivity contribution is -0.0137. The molecule has 190 valence electrons. The predicted molar refractivity (Wildman–Crippen MR) is 143 cm³/mol. The van der Waals surface area contributed by atoms with Gasteiger partial charge in [0.05, 0.1) is 11.4 Å². The van der Waals surface area contributed by atoms with Crippen molar-refractivity contribution in [3.63, 3.8) is 0 Å². The molecule has 3 fully saturated rings. The van der Waals surface area contributed by atoms with E-state index in [0.717, 1.165) is 79.4 Å².